The van der Waals surface area contributed by atoms with Gasteiger partial charge in [-0.25, -0.2) is 0 Å². The van der Waals surface area contributed by atoms with Gasteiger partial charge < -0.3 is 20.0 Å². The molecule has 1 aromatic carbocycles. The second kappa shape index (κ2) is 8.53. The molecule has 1 aliphatic heterocycles. The molecule has 0 unspecified atom stereocenters. The van der Waals surface area contributed by atoms with Gasteiger partial charge in [-0.2, -0.15) is 0 Å². The van der Waals surface area contributed by atoms with Crippen LogP contribution in [0.25, 0.3) is 0 Å². The number of anilines is 1. The number of likely N-dealkylation sites (tertiary alicyclic amines) is 1. The number of hydrogen-bond acceptors (Lipinski definition) is 4. The van der Waals surface area contributed by atoms with E-state index in [1.807, 2.05) is 6.92 Å². The van der Waals surface area contributed by atoms with Gasteiger partial charge in [0.1, 0.15) is 6.26 Å². The zero-order valence-corrected chi connectivity index (χ0v) is 15.2. The third-order valence-electron chi connectivity index (χ3n) is 4.69. The van der Waals surface area contributed by atoms with Crippen LogP contribution in [-0.4, -0.2) is 42.3 Å². The quantitative estimate of drug-likeness (QED) is 0.847. The number of piperidine rings is 1. The number of rotatable bonds is 5. The van der Waals surface area contributed by atoms with Gasteiger partial charge in [0.2, 0.25) is 5.91 Å². The Morgan fingerprint density at radius 2 is 1.89 bits per heavy atom. The number of nitrogens with one attached hydrogen (secondary N) is 2. The summed E-state index contributed by atoms with van der Waals surface area (Å²) in [6, 6.07) is 8.59. The molecule has 3 amide bonds. The lowest BCUT2D eigenvalue weighted by atomic mass is 9.95. The lowest BCUT2D eigenvalue weighted by Crippen LogP contribution is -2.41. The maximum atomic E-state index is 12.6. The molecule has 1 fully saturated rings. The summed E-state index contributed by atoms with van der Waals surface area (Å²) in [5.41, 5.74) is 1.47. The number of carbonyl (C=O) groups excluding carboxylic acids is 3. The summed E-state index contributed by atoms with van der Waals surface area (Å²) >= 11 is 0. The molecule has 0 aliphatic carbocycles. The molecule has 1 saturated heterocycles. The van der Waals surface area contributed by atoms with E-state index in [1.54, 1.807) is 35.2 Å². The van der Waals surface area contributed by atoms with Crippen LogP contribution in [-0.2, 0) is 4.79 Å². The highest BCUT2D eigenvalue weighted by Gasteiger charge is 2.28. The molecule has 0 atom stereocenters. The van der Waals surface area contributed by atoms with Crippen molar-refractivity contribution < 1.29 is 18.8 Å². The second-order valence-electron chi connectivity index (χ2n) is 6.47. The van der Waals surface area contributed by atoms with Gasteiger partial charge in [-0.3, -0.25) is 14.4 Å². The molecule has 7 heteroatoms. The van der Waals surface area contributed by atoms with Crippen molar-refractivity contribution in [3.63, 3.8) is 0 Å². The largest absolute Gasteiger partial charge is 0.472 e. The zero-order valence-electron chi connectivity index (χ0n) is 15.2. The summed E-state index contributed by atoms with van der Waals surface area (Å²) in [5.74, 6) is -0.610. The molecular formula is C20H23N3O4. The molecule has 2 heterocycles. The molecule has 142 valence electrons. The minimum absolute atomic E-state index is 0.0795. The fourth-order valence-corrected chi connectivity index (χ4v) is 3.19. The number of para-hydroxylation sites is 1. The molecule has 2 aromatic rings. The molecule has 27 heavy (non-hydrogen) atoms. The van der Waals surface area contributed by atoms with Gasteiger partial charge in [-0.05, 0) is 38.0 Å². The maximum absolute atomic E-state index is 12.6. The maximum Gasteiger partial charge on any atom is 0.257 e. The van der Waals surface area contributed by atoms with Crippen LogP contribution < -0.4 is 10.6 Å². The van der Waals surface area contributed by atoms with Crippen molar-refractivity contribution in [3.8, 4) is 0 Å². The van der Waals surface area contributed by atoms with Crippen molar-refractivity contribution in [1.29, 1.82) is 0 Å². The van der Waals surface area contributed by atoms with Crippen LogP contribution in [0.15, 0.2) is 47.3 Å². The van der Waals surface area contributed by atoms with E-state index in [0.717, 1.165) is 0 Å². The van der Waals surface area contributed by atoms with Gasteiger partial charge in [-0.1, -0.05) is 12.1 Å². The molecule has 0 radical (unpaired) electrons. The highest BCUT2D eigenvalue weighted by Crippen LogP contribution is 2.22. The van der Waals surface area contributed by atoms with Crippen LogP contribution in [0.5, 0.6) is 0 Å². The van der Waals surface area contributed by atoms with Crippen molar-refractivity contribution in [2.45, 2.75) is 19.8 Å². The Morgan fingerprint density at radius 3 is 2.56 bits per heavy atom. The molecule has 0 saturated carbocycles. The Balaban J connectivity index is 1.59. The van der Waals surface area contributed by atoms with Crippen molar-refractivity contribution in [2.75, 3.05) is 25.0 Å². The summed E-state index contributed by atoms with van der Waals surface area (Å²) in [6.07, 6.45) is 4.07. The van der Waals surface area contributed by atoms with Crippen LogP contribution in [0.2, 0.25) is 0 Å². The first kappa shape index (κ1) is 18.7. The summed E-state index contributed by atoms with van der Waals surface area (Å²) in [4.78, 5) is 38.8. The van der Waals surface area contributed by atoms with E-state index in [0.29, 0.717) is 49.3 Å². The van der Waals surface area contributed by atoms with Gasteiger partial charge in [0.05, 0.1) is 23.1 Å². The minimum atomic E-state index is -0.214. The van der Waals surface area contributed by atoms with E-state index < -0.39 is 0 Å². The predicted octanol–water partition coefficient (Wildman–Crippen LogP) is 2.52. The monoisotopic (exact) mass is 369 g/mol. The number of nitrogens with zero attached hydrogens (tertiary/aromatic N) is 1. The SMILES string of the molecule is CCNC(=O)c1ccccc1NC(=O)C1CCN(C(=O)c2ccoc2)CC1. The van der Waals surface area contributed by atoms with Gasteiger partial charge in [0.15, 0.2) is 0 Å². The molecular weight excluding hydrogens is 346 g/mol. The fourth-order valence-electron chi connectivity index (χ4n) is 3.19. The Bertz CT molecular complexity index is 808. The van der Waals surface area contributed by atoms with Crippen LogP contribution in [0.3, 0.4) is 0 Å². The van der Waals surface area contributed by atoms with E-state index >= 15 is 0 Å². The summed E-state index contributed by atoms with van der Waals surface area (Å²) < 4.78 is 4.96. The number of furan rings is 1. The third kappa shape index (κ3) is 4.36. The van der Waals surface area contributed by atoms with E-state index in [1.165, 1.54) is 12.5 Å². The van der Waals surface area contributed by atoms with Crippen LogP contribution in [0.4, 0.5) is 5.69 Å². The lowest BCUT2D eigenvalue weighted by Gasteiger charge is -2.31. The van der Waals surface area contributed by atoms with E-state index in [2.05, 4.69) is 10.6 Å². The van der Waals surface area contributed by atoms with E-state index in [4.69, 9.17) is 4.42 Å². The Kier molecular flexibility index (Phi) is 5.90. The Hall–Kier alpha value is -3.09. The van der Waals surface area contributed by atoms with Gasteiger partial charge in [-0.15, -0.1) is 0 Å². The topological polar surface area (TPSA) is 91.7 Å². The van der Waals surface area contributed by atoms with Gasteiger partial charge >= 0.3 is 0 Å². The smallest absolute Gasteiger partial charge is 0.257 e. The normalized spacial score (nSPS) is 14.6. The number of carbonyl (C=O) groups is 3. The molecule has 0 spiro atoms. The number of amides is 3. The molecule has 2 N–H and O–H groups in total. The Labute approximate surface area is 157 Å². The molecule has 1 aromatic heterocycles. The third-order valence-corrected chi connectivity index (χ3v) is 4.69. The van der Waals surface area contributed by atoms with Crippen LogP contribution >= 0.6 is 0 Å². The molecule has 7 nitrogen and oxygen atoms in total. The average molecular weight is 369 g/mol. The van der Waals surface area contributed by atoms with Crippen molar-refractivity contribution in [1.82, 2.24) is 10.2 Å². The van der Waals surface area contributed by atoms with E-state index in [-0.39, 0.29) is 23.6 Å². The standard InChI is InChI=1S/C20H23N3O4/c1-2-21-19(25)16-5-3-4-6-17(16)22-18(24)14-7-10-23(11-8-14)20(26)15-9-12-27-13-15/h3-6,9,12-14H,2,7-8,10-11H2,1H3,(H,21,25)(H,22,24). The summed E-state index contributed by atoms with van der Waals surface area (Å²) in [5, 5.41) is 5.62. The van der Waals surface area contributed by atoms with Crippen LogP contribution in [0, 0.1) is 5.92 Å². The second-order valence-corrected chi connectivity index (χ2v) is 6.47. The Morgan fingerprint density at radius 1 is 1.15 bits per heavy atom. The first-order valence-electron chi connectivity index (χ1n) is 9.09. The van der Waals surface area contributed by atoms with Gasteiger partial charge in [0.25, 0.3) is 11.8 Å². The highest BCUT2D eigenvalue weighted by molar-refractivity contribution is 6.04. The minimum Gasteiger partial charge on any atom is -0.472 e. The fraction of sp³-hybridized carbons (Fsp3) is 0.350. The zero-order chi connectivity index (χ0) is 19.2. The molecule has 0 bridgehead atoms. The predicted molar refractivity (Wildman–Crippen MR) is 100 cm³/mol. The first-order chi connectivity index (χ1) is 13.1. The summed E-state index contributed by atoms with van der Waals surface area (Å²) in [7, 11) is 0. The highest BCUT2D eigenvalue weighted by atomic mass is 16.3. The van der Waals surface area contributed by atoms with Gasteiger partial charge in [0, 0.05) is 25.6 Å². The summed E-state index contributed by atoms with van der Waals surface area (Å²) in [6.45, 7) is 3.39. The molecule has 1 aliphatic rings. The number of hydrogen-bond donors (Lipinski definition) is 2. The van der Waals surface area contributed by atoms with Crippen molar-refractivity contribution >= 4 is 23.4 Å². The molecule has 3 rings (SSSR count). The number of benzene rings is 1. The van der Waals surface area contributed by atoms with E-state index in [9.17, 15) is 14.4 Å². The van der Waals surface area contributed by atoms with Crippen molar-refractivity contribution in [3.05, 3.63) is 54.0 Å². The average Bonchev–Trinajstić information content (AvgIpc) is 3.23. The first-order valence-corrected chi connectivity index (χ1v) is 9.09. The van der Waals surface area contributed by atoms with Crippen molar-refractivity contribution in [2.24, 2.45) is 5.92 Å². The van der Waals surface area contributed by atoms with Crippen LogP contribution in [0.1, 0.15) is 40.5 Å². The lowest BCUT2D eigenvalue weighted by molar-refractivity contribution is -0.121.